The summed E-state index contributed by atoms with van der Waals surface area (Å²) in [5, 5.41) is 3.57. The Morgan fingerprint density at radius 3 is 2.35 bits per heavy atom. The normalized spacial score (nSPS) is 15.4. The van der Waals surface area contributed by atoms with Gasteiger partial charge in [-0.05, 0) is 79.5 Å². The fourth-order valence-corrected chi connectivity index (χ4v) is 4.69. The molecule has 1 aromatic heterocycles. The number of hydrogen-bond acceptors (Lipinski definition) is 3. The lowest BCUT2D eigenvalue weighted by Gasteiger charge is -2.29. The van der Waals surface area contributed by atoms with Crippen molar-refractivity contribution in [2.75, 3.05) is 4.90 Å². The molecule has 8 heteroatoms. The van der Waals surface area contributed by atoms with Crippen molar-refractivity contribution in [2.24, 2.45) is 0 Å². The first-order valence-corrected chi connectivity index (χ1v) is 11.9. The summed E-state index contributed by atoms with van der Waals surface area (Å²) in [4.78, 5) is 27.5. The maximum absolute atomic E-state index is 13.4. The molecule has 1 fully saturated rings. The smallest absolute Gasteiger partial charge is 0.270 e. The van der Waals surface area contributed by atoms with E-state index in [2.05, 4.69) is 19.2 Å². The molecule has 1 saturated heterocycles. The second kappa shape index (κ2) is 9.37. The first kappa shape index (κ1) is 24.2. The van der Waals surface area contributed by atoms with Gasteiger partial charge < -0.3 is 4.57 Å². The fraction of sp³-hybridized carbons (Fsp3) is 0.192. The zero-order valence-corrected chi connectivity index (χ0v) is 21.5. The van der Waals surface area contributed by atoms with Gasteiger partial charge in [-0.1, -0.05) is 55.2 Å². The third-order valence-corrected chi connectivity index (χ3v) is 6.96. The Labute approximate surface area is 214 Å². The van der Waals surface area contributed by atoms with Gasteiger partial charge in [0.05, 0.1) is 21.4 Å². The molecule has 5 nitrogen and oxygen atoms in total. The zero-order valence-electron chi connectivity index (χ0n) is 19.1. The lowest BCUT2D eigenvalue weighted by atomic mass is 10.0. The van der Waals surface area contributed by atoms with Crippen LogP contribution in [0.5, 0.6) is 0 Å². The van der Waals surface area contributed by atoms with E-state index in [9.17, 15) is 9.59 Å². The summed E-state index contributed by atoms with van der Waals surface area (Å²) in [6, 6.07) is 14.9. The van der Waals surface area contributed by atoms with Crippen LogP contribution in [0.2, 0.25) is 10.0 Å². The number of amides is 2. The number of carbonyl (C=O) groups is 2. The van der Waals surface area contributed by atoms with Gasteiger partial charge in [0.1, 0.15) is 5.57 Å². The van der Waals surface area contributed by atoms with E-state index in [1.807, 2.05) is 60.9 Å². The number of carbonyl (C=O) groups excluding carboxylic acids is 2. The van der Waals surface area contributed by atoms with E-state index in [1.165, 1.54) is 4.90 Å². The molecule has 0 bridgehead atoms. The van der Waals surface area contributed by atoms with Gasteiger partial charge in [0.25, 0.3) is 11.8 Å². The Morgan fingerprint density at radius 1 is 1.03 bits per heavy atom. The monoisotopic (exact) mass is 511 g/mol. The molecular weight excluding hydrogens is 489 g/mol. The maximum atomic E-state index is 13.4. The minimum Gasteiger partial charge on any atom is -0.316 e. The van der Waals surface area contributed by atoms with Crippen LogP contribution in [-0.2, 0) is 9.59 Å². The second-order valence-corrected chi connectivity index (χ2v) is 9.61. The molecule has 174 valence electrons. The number of benzene rings is 2. The first-order valence-electron chi connectivity index (χ1n) is 10.7. The Hall–Kier alpha value is -2.93. The van der Waals surface area contributed by atoms with Crippen LogP contribution in [0.15, 0.2) is 54.1 Å². The van der Waals surface area contributed by atoms with Crippen LogP contribution in [0.3, 0.4) is 0 Å². The van der Waals surface area contributed by atoms with Crippen molar-refractivity contribution in [3.05, 3.63) is 86.7 Å². The van der Waals surface area contributed by atoms with Crippen molar-refractivity contribution >= 4 is 64.1 Å². The lowest BCUT2D eigenvalue weighted by molar-refractivity contribution is -0.122. The van der Waals surface area contributed by atoms with Gasteiger partial charge in [-0.15, -0.1) is 0 Å². The van der Waals surface area contributed by atoms with Crippen molar-refractivity contribution < 1.29 is 9.59 Å². The summed E-state index contributed by atoms with van der Waals surface area (Å²) in [5.74, 6) is -0.649. The topological polar surface area (TPSA) is 54.3 Å². The highest BCUT2D eigenvalue weighted by molar-refractivity contribution is 7.80. The number of nitrogens with zero attached hydrogens (tertiary/aromatic N) is 2. The van der Waals surface area contributed by atoms with Gasteiger partial charge in [-0.25, -0.2) is 0 Å². The molecule has 0 radical (unpaired) electrons. The van der Waals surface area contributed by atoms with Gasteiger partial charge >= 0.3 is 0 Å². The number of rotatable bonds is 4. The van der Waals surface area contributed by atoms with E-state index >= 15 is 0 Å². The minimum atomic E-state index is -0.532. The molecule has 3 aromatic rings. The average molecular weight is 512 g/mol. The van der Waals surface area contributed by atoms with Crippen molar-refractivity contribution in [3.8, 4) is 5.69 Å². The lowest BCUT2D eigenvalue weighted by Crippen LogP contribution is -2.54. The van der Waals surface area contributed by atoms with E-state index < -0.39 is 11.8 Å². The molecule has 4 rings (SSSR count). The summed E-state index contributed by atoms with van der Waals surface area (Å²) in [6.45, 7) is 8.02. The first-order chi connectivity index (χ1) is 16.1. The summed E-state index contributed by atoms with van der Waals surface area (Å²) < 4.78 is 1.94. The predicted molar refractivity (Wildman–Crippen MR) is 142 cm³/mol. The highest BCUT2D eigenvalue weighted by Gasteiger charge is 2.34. The van der Waals surface area contributed by atoms with Crippen molar-refractivity contribution in [3.63, 3.8) is 0 Å². The molecule has 34 heavy (non-hydrogen) atoms. The Kier molecular flexibility index (Phi) is 6.67. The van der Waals surface area contributed by atoms with E-state index in [-0.39, 0.29) is 10.7 Å². The van der Waals surface area contributed by atoms with Gasteiger partial charge in [0.2, 0.25) is 0 Å². The molecule has 2 amide bonds. The van der Waals surface area contributed by atoms with Crippen LogP contribution in [0, 0.1) is 13.8 Å². The highest BCUT2D eigenvalue weighted by Crippen LogP contribution is 2.33. The molecule has 0 saturated carbocycles. The highest BCUT2D eigenvalue weighted by atomic mass is 35.5. The molecule has 2 heterocycles. The molecule has 1 aliphatic rings. The zero-order chi connectivity index (χ0) is 24.7. The average Bonchev–Trinajstić information content (AvgIpc) is 3.06. The van der Waals surface area contributed by atoms with Crippen LogP contribution >= 0.6 is 35.4 Å². The van der Waals surface area contributed by atoms with E-state index in [0.717, 1.165) is 28.2 Å². The number of hydrogen-bond donors (Lipinski definition) is 1. The molecular formula is C26H23Cl2N3O2S. The number of thiocarbonyl (C=S) groups is 1. The standard InChI is InChI=1S/C26H23Cl2N3O2S/c1-14(2)17-8-10-19(11-9-17)31-25(33)20(24(32)29-26(31)34)13-18-12-15(3)30(16(18)4)22-7-5-6-21(27)23(22)28/h5-14H,1-4H3,(H,29,32,34)/b20-13+. The quantitative estimate of drug-likeness (QED) is 0.252. The second-order valence-electron chi connectivity index (χ2n) is 8.44. The number of aromatic nitrogens is 1. The molecule has 1 N–H and O–H groups in total. The maximum Gasteiger partial charge on any atom is 0.270 e. The van der Waals surface area contributed by atoms with Crippen molar-refractivity contribution in [1.29, 1.82) is 0 Å². The van der Waals surface area contributed by atoms with E-state index in [1.54, 1.807) is 12.1 Å². The molecule has 0 aliphatic carbocycles. The predicted octanol–water partition coefficient (Wildman–Crippen LogP) is 6.36. The van der Waals surface area contributed by atoms with Crippen LogP contribution in [0.4, 0.5) is 5.69 Å². The van der Waals surface area contributed by atoms with E-state index in [4.69, 9.17) is 35.4 Å². The molecule has 1 aliphatic heterocycles. The third kappa shape index (κ3) is 4.29. The molecule has 0 spiro atoms. The summed E-state index contributed by atoms with van der Waals surface area (Å²) in [5.41, 5.74) is 4.88. The third-order valence-electron chi connectivity index (χ3n) is 5.86. The summed E-state index contributed by atoms with van der Waals surface area (Å²) in [7, 11) is 0. The number of anilines is 1. The van der Waals surface area contributed by atoms with Gasteiger partial charge in [0.15, 0.2) is 5.11 Å². The Balaban J connectivity index is 1.75. The Bertz CT molecular complexity index is 1360. The van der Waals surface area contributed by atoms with Crippen LogP contribution in [0.1, 0.15) is 42.3 Å². The number of nitrogens with one attached hydrogen (secondary N) is 1. The van der Waals surface area contributed by atoms with Crippen LogP contribution in [-0.4, -0.2) is 21.5 Å². The van der Waals surface area contributed by atoms with Crippen molar-refractivity contribution in [2.45, 2.75) is 33.6 Å². The largest absolute Gasteiger partial charge is 0.316 e. The molecule has 2 aromatic carbocycles. The Morgan fingerprint density at radius 2 is 1.71 bits per heavy atom. The molecule has 0 unspecified atom stereocenters. The van der Waals surface area contributed by atoms with Gasteiger partial charge in [-0.3, -0.25) is 19.8 Å². The van der Waals surface area contributed by atoms with Crippen molar-refractivity contribution in [1.82, 2.24) is 9.88 Å². The SMILES string of the molecule is Cc1cc(/C=C2\C(=O)NC(=S)N(c3ccc(C(C)C)cc3)C2=O)c(C)n1-c1cccc(Cl)c1Cl. The number of halogens is 2. The van der Waals surface area contributed by atoms with Crippen LogP contribution in [0.25, 0.3) is 11.8 Å². The summed E-state index contributed by atoms with van der Waals surface area (Å²) in [6.07, 6.45) is 1.59. The van der Waals surface area contributed by atoms with Gasteiger partial charge in [0, 0.05) is 11.4 Å². The van der Waals surface area contributed by atoms with Gasteiger partial charge in [-0.2, -0.15) is 0 Å². The minimum absolute atomic E-state index is 0.000947. The number of aryl methyl sites for hydroxylation is 1. The van der Waals surface area contributed by atoms with Crippen LogP contribution < -0.4 is 10.2 Å². The summed E-state index contributed by atoms with van der Waals surface area (Å²) >= 11 is 18.0. The fourth-order valence-electron chi connectivity index (χ4n) is 4.03. The molecule has 0 atom stereocenters. The van der Waals surface area contributed by atoms with E-state index in [0.29, 0.717) is 21.7 Å².